The summed E-state index contributed by atoms with van der Waals surface area (Å²) in [5.41, 5.74) is -0.244. The molecule has 1 aliphatic rings. The summed E-state index contributed by atoms with van der Waals surface area (Å²) in [6, 6.07) is 24.2. The minimum absolute atomic E-state index is 0.0103. The van der Waals surface area contributed by atoms with Crippen LogP contribution in [-0.4, -0.2) is 35.9 Å². The third-order valence-corrected chi connectivity index (χ3v) is 16.6. The molecule has 0 saturated heterocycles. The second kappa shape index (κ2) is 19.7. The smallest absolute Gasteiger partial charge is 0.416 e. The van der Waals surface area contributed by atoms with Crippen molar-refractivity contribution in [1.29, 1.82) is 10.5 Å². The van der Waals surface area contributed by atoms with E-state index in [-0.39, 0.29) is 65.4 Å². The summed E-state index contributed by atoms with van der Waals surface area (Å²) in [5, 5.41) is 40.4. The zero-order valence-corrected chi connectivity index (χ0v) is 41.3. The Morgan fingerprint density at radius 1 is 0.712 bits per heavy atom. The Kier molecular flexibility index (Phi) is 14.9. The highest BCUT2D eigenvalue weighted by Crippen LogP contribution is 2.46. The van der Waals surface area contributed by atoms with Gasteiger partial charge in [-0.2, -0.15) is 32.1 Å². The van der Waals surface area contributed by atoms with Gasteiger partial charge in [0.25, 0.3) is 21.9 Å². The van der Waals surface area contributed by atoms with Crippen molar-refractivity contribution in [3.63, 3.8) is 0 Å². The molecule has 1 aliphatic carbocycles. The quantitative estimate of drug-likeness (QED) is 0.0370. The standard InChI is InChI=1S/C45H33Br4F3N6O7S/c1-44(2,19-24-7-14-29(34(24)43(61)62)41(59)57-33-18-26(45(50,51)52)9-16-31(33)56-28-12-5-23(21-54)6-13-28)25-8-15-30(55-27-10-3-22(20-53)4-11-27)32(17-25)58-42(60)35-36(46)37(47)38(48)39(49)40(35)66(63,64)65/h3-6,8-13,15-18,24,55-56H,7,14,19H2,1-2H3,(H,57,59)(H,58,60)(H,61,62)(H,63,64,65). The Morgan fingerprint density at radius 2 is 1.18 bits per heavy atom. The van der Waals surface area contributed by atoms with Crippen molar-refractivity contribution in [2.75, 3.05) is 21.3 Å². The second-order valence-corrected chi connectivity index (χ2v) is 20.0. The molecule has 0 aliphatic heterocycles. The lowest BCUT2D eigenvalue weighted by atomic mass is 9.75. The number of carboxylic acid groups (broad SMARTS) is 1. The van der Waals surface area contributed by atoms with E-state index in [0.29, 0.717) is 33.8 Å². The Bertz CT molecular complexity index is 3040. The molecule has 0 heterocycles. The van der Waals surface area contributed by atoms with Crippen LogP contribution in [0.25, 0.3) is 0 Å². The number of carboxylic acids is 1. The highest BCUT2D eigenvalue weighted by molar-refractivity contribution is 9.15. The van der Waals surface area contributed by atoms with Crippen LogP contribution in [-0.2, 0) is 31.3 Å². The number of nitrogens with one attached hydrogen (secondary N) is 4. The Labute approximate surface area is 409 Å². The minimum Gasteiger partial charge on any atom is -0.478 e. The molecule has 5 aromatic carbocycles. The number of alkyl halides is 3. The molecule has 0 radical (unpaired) electrons. The first-order valence-corrected chi connectivity index (χ1v) is 23.9. The van der Waals surface area contributed by atoms with Crippen LogP contribution in [0.3, 0.4) is 0 Å². The van der Waals surface area contributed by atoms with Gasteiger partial charge >= 0.3 is 12.1 Å². The zero-order valence-electron chi connectivity index (χ0n) is 34.2. The van der Waals surface area contributed by atoms with Gasteiger partial charge in [0.15, 0.2) is 0 Å². The maximum atomic E-state index is 14.2. The fourth-order valence-corrected chi connectivity index (χ4v) is 11.4. The summed E-state index contributed by atoms with van der Waals surface area (Å²) >= 11 is 13.0. The monoisotopic (exact) mass is 1170 g/mol. The second-order valence-electron chi connectivity index (χ2n) is 15.5. The van der Waals surface area contributed by atoms with E-state index < -0.39 is 61.4 Å². The fraction of sp³-hybridized carbons (Fsp3) is 0.178. The van der Waals surface area contributed by atoms with Crippen LogP contribution in [0.4, 0.5) is 47.3 Å². The van der Waals surface area contributed by atoms with Gasteiger partial charge in [0.1, 0.15) is 4.90 Å². The first-order valence-electron chi connectivity index (χ1n) is 19.3. The number of amides is 2. The van der Waals surface area contributed by atoms with Crippen LogP contribution in [0.5, 0.6) is 0 Å². The molecule has 21 heteroatoms. The highest BCUT2D eigenvalue weighted by atomic mass is 79.9. The number of nitriles is 2. The van der Waals surface area contributed by atoms with Crippen molar-refractivity contribution in [2.45, 2.75) is 49.6 Å². The molecule has 1 unspecified atom stereocenters. The van der Waals surface area contributed by atoms with E-state index in [2.05, 4.69) is 85.0 Å². The van der Waals surface area contributed by atoms with E-state index in [4.69, 9.17) is 5.26 Å². The molecule has 340 valence electrons. The number of carbonyl (C=O) groups excluding carboxylic acids is 2. The van der Waals surface area contributed by atoms with Crippen LogP contribution in [0.15, 0.2) is 119 Å². The van der Waals surface area contributed by atoms with Gasteiger partial charge in [0.2, 0.25) is 0 Å². The molecule has 1 atom stereocenters. The van der Waals surface area contributed by atoms with Gasteiger partial charge in [0, 0.05) is 35.9 Å². The predicted molar refractivity (Wildman–Crippen MR) is 255 cm³/mol. The maximum Gasteiger partial charge on any atom is 0.416 e. The molecule has 0 saturated carbocycles. The average Bonchev–Trinajstić information content (AvgIpc) is 3.68. The molecule has 0 fully saturated rings. The van der Waals surface area contributed by atoms with Crippen molar-refractivity contribution >= 4 is 126 Å². The normalized spacial score (nSPS) is 14.0. The van der Waals surface area contributed by atoms with Crippen LogP contribution in [0, 0.1) is 28.6 Å². The van der Waals surface area contributed by atoms with Crippen molar-refractivity contribution in [2.24, 2.45) is 5.92 Å². The van der Waals surface area contributed by atoms with Gasteiger partial charge in [-0.25, -0.2) is 4.79 Å². The molecule has 0 bridgehead atoms. The molecule has 66 heavy (non-hydrogen) atoms. The van der Waals surface area contributed by atoms with E-state index in [1.54, 1.807) is 42.5 Å². The number of aliphatic carboxylic acids is 1. The fourth-order valence-electron chi connectivity index (χ4n) is 7.44. The number of rotatable bonds is 13. The van der Waals surface area contributed by atoms with Crippen LogP contribution in [0.1, 0.15) is 65.7 Å². The average molecular weight is 1180 g/mol. The van der Waals surface area contributed by atoms with Gasteiger partial charge < -0.3 is 26.4 Å². The van der Waals surface area contributed by atoms with Crippen LogP contribution < -0.4 is 21.3 Å². The number of hydrogen-bond acceptors (Lipinski definition) is 9. The number of hydrogen-bond donors (Lipinski definition) is 6. The van der Waals surface area contributed by atoms with Crippen molar-refractivity contribution in [1.82, 2.24) is 0 Å². The molecule has 5 aromatic rings. The summed E-state index contributed by atoms with van der Waals surface area (Å²) in [7, 11) is -5.01. The largest absolute Gasteiger partial charge is 0.478 e. The van der Waals surface area contributed by atoms with Gasteiger partial charge in [-0.3, -0.25) is 14.1 Å². The Morgan fingerprint density at radius 3 is 1.65 bits per heavy atom. The van der Waals surface area contributed by atoms with Gasteiger partial charge in [0.05, 0.1) is 61.6 Å². The first kappa shape index (κ1) is 49.9. The number of carbonyl (C=O) groups is 3. The lowest BCUT2D eigenvalue weighted by molar-refractivity contribution is -0.137. The number of benzene rings is 5. The zero-order chi connectivity index (χ0) is 48.5. The van der Waals surface area contributed by atoms with E-state index in [1.165, 1.54) is 24.3 Å². The molecular formula is C45H33Br4F3N6O7S. The topological polar surface area (TPSA) is 222 Å². The van der Waals surface area contributed by atoms with Crippen molar-refractivity contribution in [3.05, 3.63) is 142 Å². The number of halogens is 7. The lowest BCUT2D eigenvalue weighted by Gasteiger charge is -2.30. The summed E-state index contributed by atoms with van der Waals surface area (Å²) in [6.07, 6.45) is -4.44. The number of anilines is 6. The Hall–Kier alpha value is -5.55. The van der Waals surface area contributed by atoms with Crippen molar-refractivity contribution < 1.29 is 45.6 Å². The molecular weight excluding hydrogens is 1150 g/mol. The lowest BCUT2D eigenvalue weighted by Crippen LogP contribution is -2.25. The summed E-state index contributed by atoms with van der Waals surface area (Å²) in [6.45, 7) is 3.64. The summed E-state index contributed by atoms with van der Waals surface area (Å²) in [5.74, 6) is -3.98. The van der Waals surface area contributed by atoms with Gasteiger partial charge in [-0.15, -0.1) is 0 Å². The SMILES string of the molecule is CC(C)(CC1CCC(C(=O)Nc2cc(C(F)(F)F)ccc2Nc2ccc(C#N)cc2)=C1C(=O)O)c1ccc(Nc2ccc(C#N)cc2)c(NC(=O)c2c(Br)c(Br)c(Br)c(Br)c2S(=O)(=O)O)c1. The van der Waals surface area contributed by atoms with Crippen LogP contribution in [0.2, 0.25) is 0 Å². The number of nitrogens with zero attached hydrogens (tertiary/aromatic N) is 2. The summed E-state index contributed by atoms with van der Waals surface area (Å²) < 4.78 is 77.5. The predicted octanol–water partition coefficient (Wildman–Crippen LogP) is 12.6. The molecule has 2 amide bonds. The molecule has 13 nitrogen and oxygen atoms in total. The van der Waals surface area contributed by atoms with E-state index in [9.17, 15) is 50.9 Å². The van der Waals surface area contributed by atoms with Crippen molar-refractivity contribution in [3.8, 4) is 12.1 Å². The van der Waals surface area contributed by atoms with E-state index in [0.717, 1.165) is 18.2 Å². The summed E-state index contributed by atoms with van der Waals surface area (Å²) in [4.78, 5) is 40.3. The van der Waals surface area contributed by atoms with E-state index >= 15 is 0 Å². The molecule has 6 N–H and O–H groups in total. The first-order chi connectivity index (χ1) is 30.9. The van der Waals surface area contributed by atoms with Gasteiger partial charge in [-0.05, 0) is 179 Å². The molecule has 6 rings (SSSR count). The van der Waals surface area contributed by atoms with E-state index in [1.807, 2.05) is 26.0 Å². The minimum atomic E-state index is -5.01. The highest BCUT2D eigenvalue weighted by Gasteiger charge is 2.39. The maximum absolute atomic E-state index is 14.2. The van der Waals surface area contributed by atoms with Gasteiger partial charge in [-0.1, -0.05) is 19.9 Å². The molecule has 0 aromatic heterocycles. The molecule has 0 spiro atoms. The van der Waals surface area contributed by atoms with Crippen LogP contribution >= 0.6 is 63.7 Å². The third-order valence-electron chi connectivity index (χ3n) is 10.7. The third kappa shape index (κ3) is 11.0. The Balaban J connectivity index is 1.34.